The summed E-state index contributed by atoms with van der Waals surface area (Å²) >= 11 is 0. The summed E-state index contributed by atoms with van der Waals surface area (Å²) in [5.74, 6) is 4.42. The molecule has 1 heterocycles. The van der Waals surface area contributed by atoms with Crippen molar-refractivity contribution in [3.63, 3.8) is 0 Å². The fourth-order valence-corrected chi connectivity index (χ4v) is 2.56. The number of carbonyl (C=O) groups is 1. The van der Waals surface area contributed by atoms with Crippen LogP contribution >= 0.6 is 0 Å². The van der Waals surface area contributed by atoms with Gasteiger partial charge in [0.05, 0.1) is 11.3 Å². The van der Waals surface area contributed by atoms with E-state index in [4.69, 9.17) is 5.84 Å². The molecule has 1 aliphatic rings. The molecule has 4 N–H and O–H groups in total. The molecule has 1 fully saturated rings. The lowest BCUT2D eigenvalue weighted by molar-refractivity contribution is 0.0932. The van der Waals surface area contributed by atoms with E-state index in [2.05, 4.69) is 15.6 Å². The van der Waals surface area contributed by atoms with Gasteiger partial charge in [-0.1, -0.05) is 6.07 Å². The molecule has 5 nitrogen and oxygen atoms in total. The van der Waals surface area contributed by atoms with Crippen molar-refractivity contribution in [3.8, 4) is 0 Å². The average Bonchev–Trinajstić information content (AvgIpc) is 2.90. The summed E-state index contributed by atoms with van der Waals surface area (Å²) in [6.07, 6.45) is 2.43. The molecule has 0 radical (unpaired) electrons. The Balaban J connectivity index is 1.98. The van der Waals surface area contributed by atoms with E-state index >= 15 is 0 Å². The Kier molecular flexibility index (Phi) is 4.92. The maximum atomic E-state index is 13.5. The molecule has 0 aliphatic carbocycles. The molecular formula is C14H21FN4O. The standard InChI is InChI=1S/C14H21FN4O/c1-10(9-19-7-2-3-8-19)17-14(20)11-5-4-6-12(15)13(11)18-16/h4-6,10,18H,2-3,7-9,16H2,1H3,(H,17,20). The topological polar surface area (TPSA) is 70.4 Å². The first-order valence-electron chi connectivity index (χ1n) is 6.90. The Hall–Kier alpha value is -1.66. The number of likely N-dealkylation sites (tertiary alicyclic amines) is 1. The Bertz CT molecular complexity index is 474. The van der Waals surface area contributed by atoms with E-state index in [0.29, 0.717) is 0 Å². The number of hydrazine groups is 1. The van der Waals surface area contributed by atoms with Gasteiger partial charge in [-0.25, -0.2) is 4.39 Å². The molecule has 2 rings (SSSR count). The third-order valence-corrected chi connectivity index (χ3v) is 3.51. The Labute approximate surface area is 118 Å². The van der Waals surface area contributed by atoms with Crippen LogP contribution in [0.2, 0.25) is 0 Å². The smallest absolute Gasteiger partial charge is 0.253 e. The van der Waals surface area contributed by atoms with Crippen molar-refractivity contribution in [1.29, 1.82) is 0 Å². The van der Waals surface area contributed by atoms with Gasteiger partial charge in [0.2, 0.25) is 0 Å². The number of amides is 1. The highest BCUT2D eigenvalue weighted by Crippen LogP contribution is 2.18. The first-order chi connectivity index (χ1) is 9.61. The number of anilines is 1. The molecular weight excluding hydrogens is 259 g/mol. The van der Waals surface area contributed by atoms with Crippen molar-refractivity contribution in [2.45, 2.75) is 25.8 Å². The highest BCUT2D eigenvalue weighted by molar-refractivity contribution is 5.99. The summed E-state index contributed by atoms with van der Waals surface area (Å²) in [6.45, 7) is 4.92. The fourth-order valence-electron chi connectivity index (χ4n) is 2.56. The second-order valence-corrected chi connectivity index (χ2v) is 5.19. The highest BCUT2D eigenvalue weighted by Gasteiger charge is 2.19. The van der Waals surface area contributed by atoms with Gasteiger partial charge in [0.15, 0.2) is 0 Å². The fraction of sp³-hybridized carbons (Fsp3) is 0.500. The monoisotopic (exact) mass is 280 g/mol. The maximum Gasteiger partial charge on any atom is 0.253 e. The number of nitrogens with one attached hydrogen (secondary N) is 2. The minimum absolute atomic E-state index is 0.00879. The largest absolute Gasteiger partial charge is 0.348 e. The van der Waals surface area contributed by atoms with Crippen LogP contribution in [0.3, 0.4) is 0 Å². The maximum absolute atomic E-state index is 13.5. The van der Waals surface area contributed by atoms with Gasteiger partial charge in [0.25, 0.3) is 5.91 Å². The first kappa shape index (κ1) is 14.7. The average molecular weight is 280 g/mol. The van der Waals surface area contributed by atoms with Gasteiger partial charge in [-0.2, -0.15) is 0 Å². The van der Waals surface area contributed by atoms with Crippen LogP contribution in [0.25, 0.3) is 0 Å². The van der Waals surface area contributed by atoms with Crippen molar-refractivity contribution >= 4 is 11.6 Å². The molecule has 1 aromatic rings. The molecule has 1 saturated heterocycles. The molecule has 0 spiro atoms. The highest BCUT2D eigenvalue weighted by atomic mass is 19.1. The van der Waals surface area contributed by atoms with Crippen molar-refractivity contribution < 1.29 is 9.18 Å². The molecule has 1 unspecified atom stereocenters. The van der Waals surface area contributed by atoms with E-state index in [1.807, 2.05) is 6.92 Å². The second kappa shape index (κ2) is 6.67. The number of para-hydroxylation sites is 1. The number of nitrogen functional groups attached to an aromatic ring is 1. The van der Waals surface area contributed by atoms with Crippen LogP contribution < -0.4 is 16.6 Å². The molecule has 0 saturated carbocycles. The predicted molar refractivity (Wildman–Crippen MR) is 76.8 cm³/mol. The minimum Gasteiger partial charge on any atom is -0.348 e. The number of nitrogens with zero attached hydrogens (tertiary/aromatic N) is 1. The summed E-state index contributed by atoms with van der Waals surface area (Å²) < 4.78 is 13.5. The Morgan fingerprint density at radius 1 is 1.45 bits per heavy atom. The van der Waals surface area contributed by atoms with Crippen molar-refractivity contribution in [2.24, 2.45) is 5.84 Å². The van der Waals surface area contributed by atoms with Gasteiger partial charge >= 0.3 is 0 Å². The minimum atomic E-state index is -0.535. The van der Waals surface area contributed by atoms with Crippen LogP contribution in [0.15, 0.2) is 18.2 Å². The number of hydrogen-bond acceptors (Lipinski definition) is 4. The summed E-state index contributed by atoms with van der Waals surface area (Å²) in [6, 6.07) is 4.32. The third-order valence-electron chi connectivity index (χ3n) is 3.51. The number of halogens is 1. The van der Waals surface area contributed by atoms with Crippen LogP contribution in [-0.2, 0) is 0 Å². The number of rotatable bonds is 5. The lowest BCUT2D eigenvalue weighted by Crippen LogP contribution is -2.41. The SMILES string of the molecule is CC(CN1CCCC1)NC(=O)c1cccc(F)c1NN. The lowest BCUT2D eigenvalue weighted by Gasteiger charge is -2.21. The molecule has 1 amide bonds. The van der Waals surface area contributed by atoms with Gasteiger partial charge in [0.1, 0.15) is 5.82 Å². The van der Waals surface area contributed by atoms with Crippen LogP contribution in [0.5, 0.6) is 0 Å². The molecule has 0 bridgehead atoms. The summed E-state index contributed by atoms with van der Waals surface area (Å²) in [5.41, 5.74) is 2.49. The quantitative estimate of drug-likeness (QED) is 0.562. The predicted octanol–water partition coefficient (Wildman–Crippen LogP) is 1.33. The molecule has 20 heavy (non-hydrogen) atoms. The van der Waals surface area contributed by atoms with E-state index in [1.54, 1.807) is 6.07 Å². The Morgan fingerprint density at radius 2 is 2.15 bits per heavy atom. The van der Waals surface area contributed by atoms with E-state index in [1.165, 1.54) is 25.0 Å². The van der Waals surface area contributed by atoms with Gasteiger partial charge in [-0.3, -0.25) is 10.6 Å². The zero-order valence-electron chi connectivity index (χ0n) is 11.7. The Morgan fingerprint density at radius 3 is 2.80 bits per heavy atom. The number of carbonyl (C=O) groups excluding carboxylic acids is 1. The van der Waals surface area contributed by atoms with E-state index in [-0.39, 0.29) is 23.2 Å². The van der Waals surface area contributed by atoms with E-state index in [9.17, 15) is 9.18 Å². The van der Waals surface area contributed by atoms with Crippen LogP contribution in [0.4, 0.5) is 10.1 Å². The van der Waals surface area contributed by atoms with Crippen LogP contribution in [-0.4, -0.2) is 36.5 Å². The van der Waals surface area contributed by atoms with E-state index in [0.717, 1.165) is 19.6 Å². The molecule has 1 aromatic carbocycles. The molecule has 0 aromatic heterocycles. The molecule has 6 heteroatoms. The summed E-state index contributed by atoms with van der Waals surface area (Å²) in [7, 11) is 0. The number of nitrogens with two attached hydrogens (primary N) is 1. The third kappa shape index (κ3) is 3.46. The van der Waals surface area contributed by atoms with Gasteiger partial charge in [-0.05, 0) is 45.0 Å². The summed E-state index contributed by atoms with van der Waals surface area (Å²) in [5, 5.41) is 2.88. The van der Waals surface area contributed by atoms with Gasteiger partial charge in [-0.15, -0.1) is 0 Å². The lowest BCUT2D eigenvalue weighted by atomic mass is 10.1. The normalized spacial score (nSPS) is 16.9. The second-order valence-electron chi connectivity index (χ2n) is 5.19. The first-order valence-corrected chi connectivity index (χ1v) is 6.90. The van der Waals surface area contributed by atoms with Crippen molar-refractivity contribution in [2.75, 3.05) is 25.1 Å². The molecule has 110 valence electrons. The molecule has 1 aliphatic heterocycles. The van der Waals surface area contributed by atoms with Gasteiger partial charge in [0, 0.05) is 12.6 Å². The zero-order chi connectivity index (χ0) is 14.5. The number of benzene rings is 1. The van der Waals surface area contributed by atoms with Crippen molar-refractivity contribution in [3.05, 3.63) is 29.6 Å². The zero-order valence-corrected chi connectivity index (χ0v) is 11.7. The summed E-state index contributed by atoms with van der Waals surface area (Å²) in [4.78, 5) is 14.5. The van der Waals surface area contributed by atoms with Crippen molar-refractivity contribution in [1.82, 2.24) is 10.2 Å². The van der Waals surface area contributed by atoms with Gasteiger partial charge < -0.3 is 15.6 Å². The van der Waals surface area contributed by atoms with E-state index < -0.39 is 5.82 Å². The number of hydrogen-bond donors (Lipinski definition) is 3. The van der Waals surface area contributed by atoms with Crippen LogP contribution in [0.1, 0.15) is 30.1 Å². The van der Waals surface area contributed by atoms with Crippen LogP contribution in [0, 0.1) is 5.82 Å². The molecule has 1 atom stereocenters.